The summed E-state index contributed by atoms with van der Waals surface area (Å²) in [5, 5.41) is 8.25. The van der Waals surface area contributed by atoms with E-state index in [1.807, 2.05) is 20.8 Å². The first-order chi connectivity index (χ1) is 6.22. The number of hydrogen-bond acceptors (Lipinski definition) is 3. The van der Waals surface area contributed by atoms with Crippen molar-refractivity contribution in [2.45, 2.75) is 27.2 Å². The summed E-state index contributed by atoms with van der Waals surface area (Å²) in [4.78, 5) is 19.9. The summed E-state index contributed by atoms with van der Waals surface area (Å²) in [6, 6.07) is 0. The van der Waals surface area contributed by atoms with E-state index in [1.54, 1.807) is 0 Å². The molecule has 0 amide bonds. The summed E-state index contributed by atoms with van der Waals surface area (Å²) < 4.78 is 4.14. The second-order valence-corrected chi connectivity index (χ2v) is 3.86. The van der Waals surface area contributed by atoms with Crippen molar-refractivity contribution in [2.24, 2.45) is 5.41 Å². The molecule has 0 heterocycles. The van der Waals surface area contributed by atoms with E-state index >= 15 is 0 Å². The van der Waals surface area contributed by atoms with Gasteiger partial charge < -0.3 is 9.84 Å². The molecule has 0 aliphatic rings. The number of aliphatic carboxylic acids is 1. The van der Waals surface area contributed by atoms with Crippen molar-refractivity contribution in [2.75, 3.05) is 7.11 Å². The number of esters is 1. The quantitative estimate of drug-likeness (QED) is 0.548. The molecule has 0 unspecified atom stereocenters. The number of carboxylic acids is 1. The van der Waals surface area contributed by atoms with Crippen molar-refractivity contribution in [3.63, 3.8) is 0 Å². The first-order valence-electron chi connectivity index (χ1n) is 4.15. The third kappa shape index (κ3) is 17.0. The minimum atomic E-state index is -0.725. The van der Waals surface area contributed by atoms with Crippen LogP contribution in [0.5, 0.6) is 0 Å². The average molecular weight is 202 g/mol. The van der Waals surface area contributed by atoms with E-state index in [4.69, 9.17) is 5.11 Å². The van der Waals surface area contributed by atoms with E-state index in [-0.39, 0.29) is 11.8 Å². The topological polar surface area (TPSA) is 63.6 Å². The monoisotopic (exact) mass is 202 g/mol. The van der Waals surface area contributed by atoms with E-state index in [2.05, 4.69) is 11.3 Å². The van der Waals surface area contributed by atoms with Crippen LogP contribution >= 0.6 is 0 Å². The molecule has 0 rings (SSSR count). The predicted molar refractivity (Wildman–Crippen MR) is 53.9 cm³/mol. The van der Waals surface area contributed by atoms with Crippen molar-refractivity contribution < 1.29 is 19.4 Å². The van der Waals surface area contributed by atoms with Crippen LogP contribution in [0.15, 0.2) is 12.7 Å². The van der Waals surface area contributed by atoms with Gasteiger partial charge in [0.15, 0.2) is 0 Å². The molecule has 0 aromatic carbocycles. The predicted octanol–water partition coefficient (Wildman–Crippen LogP) is 1.85. The zero-order valence-corrected chi connectivity index (χ0v) is 9.16. The first-order valence-corrected chi connectivity index (χ1v) is 4.15. The number of carbonyl (C=O) groups excluding carboxylic acids is 1. The van der Waals surface area contributed by atoms with E-state index in [0.29, 0.717) is 0 Å². The van der Waals surface area contributed by atoms with Crippen molar-refractivity contribution >= 4 is 11.9 Å². The van der Waals surface area contributed by atoms with Crippen LogP contribution in [0.3, 0.4) is 0 Å². The molecule has 0 bridgehead atoms. The van der Waals surface area contributed by atoms with Gasteiger partial charge in [-0.1, -0.05) is 27.4 Å². The Bertz CT molecular complexity index is 201. The molecule has 0 aliphatic heterocycles. The zero-order valence-electron chi connectivity index (χ0n) is 9.16. The van der Waals surface area contributed by atoms with Crippen LogP contribution in [0.4, 0.5) is 0 Å². The summed E-state index contributed by atoms with van der Waals surface area (Å²) in [6.07, 6.45) is 1.35. The molecule has 0 aliphatic carbocycles. The second-order valence-electron chi connectivity index (χ2n) is 3.86. The molecule has 0 aromatic heterocycles. The van der Waals surface area contributed by atoms with Gasteiger partial charge >= 0.3 is 11.9 Å². The van der Waals surface area contributed by atoms with Crippen molar-refractivity contribution in [3.05, 3.63) is 12.7 Å². The average Bonchev–Trinajstić information content (AvgIpc) is 1.99. The van der Waals surface area contributed by atoms with Gasteiger partial charge in [0.2, 0.25) is 0 Å². The van der Waals surface area contributed by atoms with E-state index in [0.717, 1.165) is 6.08 Å². The fourth-order valence-electron chi connectivity index (χ4n) is 0.537. The third-order valence-corrected chi connectivity index (χ3v) is 1.05. The minimum absolute atomic E-state index is 0.0775. The van der Waals surface area contributed by atoms with Crippen LogP contribution in [0, 0.1) is 5.41 Å². The van der Waals surface area contributed by atoms with Crippen LogP contribution in [-0.4, -0.2) is 24.2 Å². The molecule has 1 N–H and O–H groups in total. The molecule has 14 heavy (non-hydrogen) atoms. The van der Waals surface area contributed by atoms with Gasteiger partial charge in [0.05, 0.1) is 13.5 Å². The second kappa shape index (κ2) is 7.12. The highest BCUT2D eigenvalue weighted by Crippen LogP contribution is 2.17. The van der Waals surface area contributed by atoms with Crippen LogP contribution in [0.25, 0.3) is 0 Å². The molecule has 82 valence electrons. The van der Waals surface area contributed by atoms with Crippen molar-refractivity contribution in [1.82, 2.24) is 0 Å². The lowest BCUT2D eigenvalue weighted by Gasteiger charge is -2.13. The van der Waals surface area contributed by atoms with E-state index < -0.39 is 11.9 Å². The highest BCUT2D eigenvalue weighted by atomic mass is 16.5. The Balaban J connectivity index is 0. The van der Waals surface area contributed by atoms with Crippen molar-refractivity contribution in [3.8, 4) is 0 Å². The zero-order chi connectivity index (χ0) is 11.8. The number of carbonyl (C=O) groups is 2. The maximum atomic E-state index is 10.0. The summed E-state index contributed by atoms with van der Waals surface area (Å²) in [5.41, 5.74) is -0.0775. The molecule has 4 heteroatoms. The Hall–Kier alpha value is -1.32. The van der Waals surface area contributed by atoms with Gasteiger partial charge in [-0.05, 0) is 5.41 Å². The third-order valence-electron chi connectivity index (χ3n) is 1.05. The largest absolute Gasteiger partial charge is 0.481 e. The Morgan fingerprint density at radius 1 is 1.43 bits per heavy atom. The molecule has 4 nitrogen and oxygen atoms in total. The summed E-state index contributed by atoms with van der Waals surface area (Å²) in [7, 11) is 1.31. The number of carboxylic acid groups (broad SMARTS) is 1. The summed E-state index contributed by atoms with van der Waals surface area (Å²) in [6.45, 7) is 8.87. The standard InChI is InChI=1S/C6H12O2.C4H6O2/c1-6(2,3)4-5(7)8;1-3-4(5)6-2/h4H2,1-3H3,(H,7,8);3H,1H2,2H3. The molecule has 0 spiro atoms. The number of methoxy groups -OCH3 is 1. The molecular formula is C10H18O4. The lowest BCUT2D eigenvalue weighted by atomic mass is 9.93. The van der Waals surface area contributed by atoms with Gasteiger partial charge in [-0.3, -0.25) is 4.79 Å². The molecular weight excluding hydrogens is 184 g/mol. The maximum Gasteiger partial charge on any atom is 0.329 e. The normalized spacial score (nSPS) is 9.43. The summed E-state index contributed by atoms with van der Waals surface area (Å²) in [5.74, 6) is -1.12. The SMILES string of the molecule is C=CC(=O)OC.CC(C)(C)CC(=O)O. The highest BCUT2D eigenvalue weighted by Gasteiger charge is 2.13. The molecule has 0 radical (unpaired) electrons. The highest BCUT2D eigenvalue weighted by molar-refractivity contribution is 5.80. The summed E-state index contributed by atoms with van der Waals surface area (Å²) >= 11 is 0. The number of hydrogen-bond donors (Lipinski definition) is 1. The van der Waals surface area contributed by atoms with Gasteiger partial charge in [0.1, 0.15) is 0 Å². The van der Waals surface area contributed by atoms with Crippen LogP contribution < -0.4 is 0 Å². The maximum absolute atomic E-state index is 10.0. The molecule has 0 aromatic rings. The number of ether oxygens (including phenoxy) is 1. The fraction of sp³-hybridized carbons (Fsp3) is 0.600. The van der Waals surface area contributed by atoms with Gasteiger partial charge in [-0.25, -0.2) is 4.79 Å². The van der Waals surface area contributed by atoms with Gasteiger partial charge in [-0.2, -0.15) is 0 Å². The Kier molecular flexibility index (Phi) is 7.71. The lowest BCUT2D eigenvalue weighted by molar-refractivity contribution is -0.139. The Morgan fingerprint density at radius 2 is 1.86 bits per heavy atom. The molecule has 0 saturated carbocycles. The van der Waals surface area contributed by atoms with E-state index in [1.165, 1.54) is 7.11 Å². The first kappa shape index (κ1) is 15.2. The van der Waals surface area contributed by atoms with Crippen LogP contribution in [0.2, 0.25) is 0 Å². The number of rotatable bonds is 2. The minimum Gasteiger partial charge on any atom is -0.481 e. The Labute approximate surface area is 84.6 Å². The van der Waals surface area contributed by atoms with Crippen LogP contribution in [-0.2, 0) is 14.3 Å². The van der Waals surface area contributed by atoms with Gasteiger partial charge in [-0.15, -0.1) is 0 Å². The van der Waals surface area contributed by atoms with E-state index in [9.17, 15) is 9.59 Å². The van der Waals surface area contributed by atoms with Gasteiger partial charge in [0, 0.05) is 6.08 Å². The lowest BCUT2D eigenvalue weighted by Crippen LogP contribution is -2.11. The van der Waals surface area contributed by atoms with Crippen LogP contribution in [0.1, 0.15) is 27.2 Å². The fourth-order valence-corrected chi connectivity index (χ4v) is 0.537. The smallest absolute Gasteiger partial charge is 0.329 e. The molecule has 0 fully saturated rings. The molecule has 0 atom stereocenters. The molecule has 0 saturated heterocycles. The van der Waals surface area contributed by atoms with Gasteiger partial charge in [0.25, 0.3) is 0 Å². The Morgan fingerprint density at radius 3 is 1.86 bits per heavy atom. The van der Waals surface area contributed by atoms with Crippen molar-refractivity contribution in [1.29, 1.82) is 0 Å².